The molecule has 0 heterocycles. The summed E-state index contributed by atoms with van der Waals surface area (Å²) in [5, 5.41) is 3.18. The Hall–Kier alpha value is -0.240. The molecule has 1 rings (SSSR count). The molecule has 0 aromatic rings. The Morgan fingerprint density at radius 2 is 1.95 bits per heavy atom. The van der Waals surface area contributed by atoms with Crippen molar-refractivity contribution in [2.75, 3.05) is 12.4 Å². The normalized spacial score (nSPS) is 25.0. The fraction of sp³-hybridized carbons (Fsp3) is 0.938. The number of nitrogens with one attached hydrogen (secondary N) is 1. The van der Waals surface area contributed by atoms with Crippen LogP contribution in [0.3, 0.4) is 0 Å². The fourth-order valence-corrected chi connectivity index (χ4v) is 3.51. The van der Waals surface area contributed by atoms with Gasteiger partial charge in [-0.3, -0.25) is 4.79 Å². The quantitative estimate of drug-likeness (QED) is 0.660. The Labute approximate surface area is 123 Å². The molecule has 0 spiro atoms. The largest absolute Gasteiger partial charge is 0.356 e. The molecule has 0 aliphatic heterocycles. The van der Waals surface area contributed by atoms with Gasteiger partial charge >= 0.3 is 0 Å². The van der Waals surface area contributed by atoms with Gasteiger partial charge < -0.3 is 5.32 Å². The lowest BCUT2D eigenvalue weighted by molar-refractivity contribution is -0.125. The van der Waals surface area contributed by atoms with Gasteiger partial charge in [0.2, 0.25) is 5.91 Å². The van der Waals surface area contributed by atoms with E-state index in [1.54, 1.807) is 0 Å². The summed E-state index contributed by atoms with van der Waals surface area (Å²) in [6.45, 7) is 5.12. The predicted molar refractivity (Wildman–Crippen MR) is 82.5 cm³/mol. The number of amides is 1. The van der Waals surface area contributed by atoms with Crippen LogP contribution in [0.15, 0.2) is 0 Å². The highest BCUT2D eigenvalue weighted by Gasteiger charge is 2.25. The summed E-state index contributed by atoms with van der Waals surface area (Å²) in [6.07, 6.45) is 9.36. The van der Waals surface area contributed by atoms with Crippen LogP contribution in [0, 0.1) is 17.8 Å². The standard InChI is InChI=1S/C16H30ClNO/c1-3-5-8-13(4-2)16(19)18-12-15-10-7-6-9-14(15)11-17/h13-15H,3-12H2,1-2H3,(H,18,19). The molecular weight excluding hydrogens is 258 g/mol. The summed E-state index contributed by atoms with van der Waals surface area (Å²) >= 11 is 6.04. The zero-order valence-electron chi connectivity index (χ0n) is 12.6. The molecule has 1 N–H and O–H groups in total. The number of carbonyl (C=O) groups excluding carboxylic acids is 1. The van der Waals surface area contributed by atoms with Crippen LogP contribution in [0.4, 0.5) is 0 Å². The van der Waals surface area contributed by atoms with Crippen molar-refractivity contribution in [2.45, 2.75) is 65.2 Å². The number of hydrogen-bond donors (Lipinski definition) is 1. The van der Waals surface area contributed by atoms with Crippen LogP contribution >= 0.6 is 11.6 Å². The molecule has 0 bridgehead atoms. The molecular formula is C16H30ClNO. The molecule has 1 fully saturated rings. The molecule has 0 saturated heterocycles. The third kappa shape index (κ3) is 5.72. The summed E-state index contributed by atoms with van der Waals surface area (Å²) in [4.78, 5) is 12.2. The summed E-state index contributed by atoms with van der Waals surface area (Å²) < 4.78 is 0. The minimum absolute atomic E-state index is 0.206. The Kier molecular flexibility index (Phi) is 8.52. The van der Waals surface area contributed by atoms with Gasteiger partial charge in [0.15, 0.2) is 0 Å². The fourth-order valence-electron chi connectivity index (χ4n) is 3.10. The Morgan fingerprint density at radius 3 is 2.53 bits per heavy atom. The van der Waals surface area contributed by atoms with E-state index in [1.807, 2.05) is 0 Å². The van der Waals surface area contributed by atoms with E-state index < -0.39 is 0 Å². The topological polar surface area (TPSA) is 29.1 Å². The summed E-state index contributed by atoms with van der Waals surface area (Å²) in [6, 6.07) is 0. The molecule has 19 heavy (non-hydrogen) atoms. The molecule has 2 nitrogen and oxygen atoms in total. The summed E-state index contributed by atoms with van der Waals surface area (Å²) in [5.74, 6) is 2.41. The molecule has 1 aliphatic carbocycles. The number of hydrogen-bond acceptors (Lipinski definition) is 1. The maximum Gasteiger partial charge on any atom is 0.223 e. The van der Waals surface area contributed by atoms with Crippen LogP contribution in [-0.4, -0.2) is 18.3 Å². The van der Waals surface area contributed by atoms with E-state index in [0.717, 1.165) is 31.7 Å². The summed E-state index contributed by atoms with van der Waals surface area (Å²) in [7, 11) is 0. The van der Waals surface area contributed by atoms with E-state index in [4.69, 9.17) is 11.6 Å². The number of carbonyl (C=O) groups is 1. The van der Waals surface area contributed by atoms with Crippen molar-refractivity contribution in [3.63, 3.8) is 0 Å². The lowest BCUT2D eigenvalue weighted by Gasteiger charge is -2.30. The first kappa shape index (κ1) is 16.8. The Balaban J connectivity index is 2.34. The van der Waals surface area contributed by atoms with Crippen LogP contribution in [0.1, 0.15) is 65.2 Å². The smallest absolute Gasteiger partial charge is 0.223 e. The third-order valence-electron chi connectivity index (χ3n) is 4.57. The van der Waals surface area contributed by atoms with Crippen LogP contribution in [0.5, 0.6) is 0 Å². The lowest BCUT2D eigenvalue weighted by atomic mass is 9.80. The number of alkyl halides is 1. The van der Waals surface area contributed by atoms with Crippen molar-refractivity contribution in [3.8, 4) is 0 Å². The van der Waals surface area contributed by atoms with Crippen molar-refractivity contribution in [3.05, 3.63) is 0 Å². The Morgan fingerprint density at radius 1 is 1.26 bits per heavy atom. The van der Waals surface area contributed by atoms with E-state index in [1.165, 1.54) is 32.1 Å². The first-order valence-corrected chi connectivity index (χ1v) is 8.60. The molecule has 1 saturated carbocycles. The van der Waals surface area contributed by atoms with Gasteiger partial charge in [-0.05, 0) is 37.5 Å². The maximum atomic E-state index is 12.2. The molecule has 112 valence electrons. The highest BCUT2D eigenvalue weighted by atomic mass is 35.5. The van der Waals surface area contributed by atoms with E-state index in [9.17, 15) is 4.79 Å². The minimum atomic E-state index is 0.206. The summed E-state index contributed by atoms with van der Waals surface area (Å²) in [5.41, 5.74) is 0. The first-order valence-electron chi connectivity index (χ1n) is 8.06. The number of rotatable bonds is 8. The van der Waals surface area contributed by atoms with Crippen molar-refractivity contribution < 1.29 is 4.79 Å². The van der Waals surface area contributed by atoms with Crippen molar-refractivity contribution >= 4 is 17.5 Å². The lowest BCUT2D eigenvalue weighted by Crippen LogP contribution is -2.37. The monoisotopic (exact) mass is 287 g/mol. The average Bonchev–Trinajstić information content (AvgIpc) is 2.46. The van der Waals surface area contributed by atoms with Gasteiger partial charge in [0.25, 0.3) is 0 Å². The van der Waals surface area contributed by atoms with Crippen LogP contribution in [0.25, 0.3) is 0 Å². The van der Waals surface area contributed by atoms with E-state index in [0.29, 0.717) is 11.8 Å². The second-order valence-electron chi connectivity index (χ2n) is 5.95. The van der Waals surface area contributed by atoms with E-state index in [2.05, 4.69) is 19.2 Å². The molecule has 1 amide bonds. The van der Waals surface area contributed by atoms with Gasteiger partial charge in [0, 0.05) is 18.3 Å². The van der Waals surface area contributed by atoms with Crippen molar-refractivity contribution in [1.29, 1.82) is 0 Å². The SMILES string of the molecule is CCCCC(CC)C(=O)NCC1CCCCC1CCl. The van der Waals surface area contributed by atoms with Crippen LogP contribution in [-0.2, 0) is 4.79 Å². The minimum Gasteiger partial charge on any atom is -0.356 e. The van der Waals surface area contributed by atoms with Crippen LogP contribution < -0.4 is 5.32 Å². The second kappa shape index (κ2) is 9.63. The zero-order valence-corrected chi connectivity index (χ0v) is 13.3. The molecule has 3 atom stereocenters. The molecule has 1 aliphatic rings. The molecule has 0 aromatic heterocycles. The van der Waals surface area contributed by atoms with Gasteiger partial charge in [-0.25, -0.2) is 0 Å². The average molecular weight is 288 g/mol. The van der Waals surface area contributed by atoms with E-state index in [-0.39, 0.29) is 11.8 Å². The van der Waals surface area contributed by atoms with Crippen molar-refractivity contribution in [1.82, 2.24) is 5.32 Å². The maximum absolute atomic E-state index is 12.2. The highest BCUT2D eigenvalue weighted by molar-refractivity contribution is 6.18. The van der Waals surface area contributed by atoms with Gasteiger partial charge in [0.1, 0.15) is 0 Å². The van der Waals surface area contributed by atoms with Crippen LogP contribution in [0.2, 0.25) is 0 Å². The third-order valence-corrected chi connectivity index (χ3v) is 4.97. The molecule has 0 aromatic carbocycles. The highest BCUT2D eigenvalue weighted by Crippen LogP contribution is 2.30. The number of halogens is 1. The molecule has 3 unspecified atom stereocenters. The predicted octanol–water partition coefficient (Wildman–Crippen LogP) is 4.36. The van der Waals surface area contributed by atoms with Gasteiger partial charge in [-0.2, -0.15) is 0 Å². The van der Waals surface area contributed by atoms with Gasteiger partial charge in [-0.1, -0.05) is 39.5 Å². The second-order valence-corrected chi connectivity index (χ2v) is 6.26. The number of unbranched alkanes of at least 4 members (excludes halogenated alkanes) is 1. The van der Waals surface area contributed by atoms with Crippen molar-refractivity contribution in [2.24, 2.45) is 17.8 Å². The van der Waals surface area contributed by atoms with Gasteiger partial charge in [-0.15, -0.1) is 11.6 Å². The zero-order chi connectivity index (χ0) is 14.1. The first-order chi connectivity index (χ1) is 9.22. The van der Waals surface area contributed by atoms with Gasteiger partial charge in [0.05, 0.1) is 0 Å². The Bertz CT molecular complexity index is 257. The van der Waals surface area contributed by atoms with E-state index >= 15 is 0 Å². The molecule has 3 heteroatoms. The molecule has 0 radical (unpaired) electrons.